The van der Waals surface area contributed by atoms with E-state index in [1.807, 2.05) is 25.7 Å². The Labute approximate surface area is 135 Å². The van der Waals surface area contributed by atoms with Gasteiger partial charge in [-0.3, -0.25) is 14.5 Å². The molecule has 0 aromatic carbocycles. The smallest absolute Gasteiger partial charge is 0.237 e. The molecule has 1 aliphatic rings. The molecule has 22 heavy (non-hydrogen) atoms. The number of carbonyl (C=O) groups is 2. The number of hydrogen-bond acceptors (Lipinski definition) is 3. The molecule has 0 unspecified atom stereocenters. The zero-order valence-electron chi connectivity index (χ0n) is 14.8. The molecule has 2 N–H and O–H groups in total. The molecule has 0 spiro atoms. The van der Waals surface area contributed by atoms with Gasteiger partial charge in [-0.2, -0.15) is 0 Å². The minimum absolute atomic E-state index is 0.0244. The molecule has 0 aliphatic heterocycles. The van der Waals surface area contributed by atoms with E-state index in [1.54, 1.807) is 0 Å². The SMILES string of the molecule is CCNC(=O)CN(CC)[C@H](C)C(=O)N[C@@H]1CCC[C@H](C)[C@@H]1C. The van der Waals surface area contributed by atoms with Crippen LogP contribution in [0.5, 0.6) is 0 Å². The largest absolute Gasteiger partial charge is 0.355 e. The maximum Gasteiger partial charge on any atom is 0.237 e. The van der Waals surface area contributed by atoms with Crippen molar-refractivity contribution < 1.29 is 9.59 Å². The lowest BCUT2D eigenvalue weighted by atomic mass is 9.78. The third kappa shape index (κ3) is 5.27. The average molecular weight is 311 g/mol. The van der Waals surface area contributed by atoms with Crippen molar-refractivity contribution in [2.24, 2.45) is 11.8 Å². The lowest BCUT2D eigenvalue weighted by Gasteiger charge is -2.36. The van der Waals surface area contributed by atoms with Gasteiger partial charge in [-0.15, -0.1) is 0 Å². The third-order valence-corrected chi connectivity index (χ3v) is 5.09. The first kappa shape index (κ1) is 18.9. The average Bonchev–Trinajstić information content (AvgIpc) is 2.49. The van der Waals surface area contributed by atoms with E-state index in [0.717, 1.165) is 6.42 Å². The van der Waals surface area contributed by atoms with Crippen molar-refractivity contribution >= 4 is 11.8 Å². The van der Waals surface area contributed by atoms with Gasteiger partial charge in [0, 0.05) is 12.6 Å². The zero-order chi connectivity index (χ0) is 16.7. The third-order valence-electron chi connectivity index (χ3n) is 5.09. The van der Waals surface area contributed by atoms with Gasteiger partial charge >= 0.3 is 0 Å². The summed E-state index contributed by atoms with van der Waals surface area (Å²) in [5.74, 6) is 1.19. The molecule has 1 fully saturated rings. The maximum absolute atomic E-state index is 12.5. The number of nitrogens with zero attached hydrogens (tertiary/aromatic N) is 1. The molecule has 0 aromatic rings. The van der Waals surface area contributed by atoms with Crippen molar-refractivity contribution in [1.29, 1.82) is 0 Å². The predicted molar refractivity (Wildman–Crippen MR) is 89.5 cm³/mol. The van der Waals surface area contributed by atoms with Crippen LogP contribution in [0, 0.1) is 11.8 Å². The van der Waals surface area contributed by atoms with Crippen LogP contribution < -0.4 is 10.6 Å². The van der Waals surface area contributed by atoms with Gasteiger partial charge in [-0.25, -0.2) is 0 Å². The minimum atomic E-state index is -0.281. The number of hydrogen-bond donors (Lipinski definition) is 2. The van der Waals surface area contributed by atoms with Crippen LogP contribution in [0.25, 0.3) is 0 Å². The highest BCUT2D eigenvalue weighted by Gasteiger charge is 2.30. The van der Waals surface area contributed by atoms with Crippen LogP contribution in [0.2, 0.25) is 0 Å². The molecule has 1 aliphatic carbocycles. The van der Waals surface area contributed by atoms with E-state index >= 15 is 0 Å². The van der Waals surface area contributed by atoms with Crippen LogP contribution in [0.15, 0.2) is 0 Å². The summed E-state index contributed by atoms with van der Waals surface area (Å²) in [5.41, 5.74) is 0. The van der Waals surface area contributed by atoms with E-state index in [4.69, 9.17) is 0 Å². The molecule has 128 valence electrons. The number of amides is 2. The van der Waals surface area contributed by atoms with Crippen LogP contribution in [-0.2, 0) is 9.59 Å². The summed E-state index contributed by atoms with van der Waals surface area (Å²) in [6.45, 7) is 11.8. The fourth-order valence-electron chi connectivity index (χ4n) is 3.21. The summed E-state index contributed by atoms with van der Waals surface area (Å²) < 4.78 is 0. The Hall–Kier alpha value is -1.10. The van der Waals surface area contributed by atoms with Crippen molar-refractivity contribution in [2.75, 3.05) is 19.6 Å². The Bertz CT molecular complexity index is 373. The molecular formula is C17H33N3O2. The first-order chi connectivity index (χ1) is 10.4. The summed E-state index contributed by atoms with van der Waals surface area (Å²) in [6, 6.07) is -0.0149. The second kappa shape index (κ2) is 9.13. The van der Waals surface area contributed by atoms with Crippen molar-refractivity contribution in [3.63, 3.8) is 0 Å². The van der Waals surface area contributed by atoms with E-state index in [-0.39, 0.29) is 30.4 Å². The zero-order valence-corrected chi connectivity index (χ0v) is 14.8. The monoisotopic (exact) mass is 311 g/mol. The van der Waals surface area contributed by atoms with E-state index in [1.165, 1.54) is 12.8 Å². The van der Waals surface area contributed by atoms with Gasteiger partial charge in [-0.05, 0) is 38.6 Å². The molecule has 4 atom stereocenters. The Morgan fingerprint density at radius 2 is 1.91 bits per heavy atom. The van der Waals surface area contributed by atoms with Gasteiger partial charge in [-0.1, -0.05) is 33.6 Å². The summed E-state index contributed by atoms with van der Waals surface area (Å²) in [4.78, 5) is 26.2. The summed E-state index contributed by atoms with van der Waals surface area (Å²) in [5, 5.41) is 5.99. The topological polar surface area (TPSA) is 61.4 Å². The molecular weight excluding hydrogens is 278 g/mol. The highest BCUT2D eigenvalue weighted by Crippen LogP contribution is 2.29. The molecule has 5 heteroatoms. The van der Waals surface area contributed by atoms with Crippen molar-refractivity contribution in [2.45, 2.75) is 66.0 Å². The first-order valence-corrected chi connectivity index (χ1v) is 8.71. The van der Waals surface area contributed by atoms with Gasteiger partial charge in [0.15, 0.2) is 0 Å². The van der Waals surface area contributed by atoms with Gasteiger partial charge in [0.05, 0.1) is 12.6 Å². The van der Waals surface area contributed by atoms with E-state index < -0.39 is 0 Å². The number of likely N-dealkylation sites (N-methyl/N-ethyl adjacent to an activating group) is 2. The molecule has 0 aromatic heterocycles. The fourth-order valence-corrected chi connectivity index (χ4v) is 3.21. The van der Waals surface area contributed by atoms with Crippen LogP contribution in [0.3, 0.4) is 0 Å². The Balaban J connectivity index is 2.56. The van der Waals surface area contributed by atoms with E-state index in [2.05, 4.69) is 24.5 Å². The van der Waals surface area contributed by atoms with Crippen LogP contribution in [-0.4, -0.2) is 48.4 Å². The summed E-state index contributed by atoms with van der Waals surface area (Å²) in [7, 11) is 0. The number of nitrogens with one attached hydrogen (secondary N) is 2. The Kier molecular flexibility index (Phi) is 7.87. The molecule has 2 amide bonds. The maximum atomic E-state index is 12.5. The normalized spacial score (nSPS) is 26.5. The molecule has 1 rings (SSSR count). The summed E-state index contributed by atoms with van der Waals surface area (Å²) in [6.07, 6.45) is 3.50. The molecule has 5 nitrogen and oxygen atoms in total. The lowest BCUT2D eigenvalue weighted by Crippen LogP contribution is -2.53. The minimum Gasteiger partial charge on any atom is -0.355 e. The molecule has 0 heterocycles. The summed E-state index contributed by atoms with van der Waals surface area (Å²) >= 11 is 0. The van der Waals surface area contributed by atoms with E-state index in [9.17, 15) is 9.59 Å². The Morgan fingerprint density at radius 1 is 1.23 bits per heavy atom. The van der Waals surface area contributed by atoms with Crippen molar-refractivity contribution in [1.82, 2.24) is 15.5 Å². The van der Waals surface area contributed by atoms with Crippen LogP contribution in [0.1, 0.15) is 53.9 Å². The van der Waals surface area contributed by atoms with Crippen molar-refractivity contribution in [3.05, 3.63) is 0 Å². The van der Waals surface area contributed by atoms with Crippen LogP contribution >= 0.6 is 0 Å². The standard InChI is InChI=1S/C17H33N3O2/c1-6-18-16(21)11-20(7-2)14(5)17(22)19-15-10-8-9-12(3)13(15)4/h12-15H,6-11H2,1-5H3,(H,18,21)(H,19,22)/t12-,13-,14+,15+/m0/s1. The lowest BCUT2D eigenvalue weighted by molar-refractivity contribution is -0.129. The molecule has 1 saturated carbocycles. The Morgan fingerprint density at radius 3 is 2.50 bits per heavy atom. The van der Waals surface area contributed by atoms with Gasteiger partial charge in [0.2, 0.25) is 11.8 Å². The quantitative estimate of drug-likeness (QED) is 0.753. The highest BCUT2D eigenvalue weighted by atomic mass is 16.2. The second-order valence-electron chi connectivity index (χ2n) is 6.57. The number of rotatable bonds is 7. The van der Waals surface area contributed by atoms with Gasteiger partial charge in [0.25, 0.3) is 0 Å². The fraction of sp³-hybridized carbons (Fsp3) is 0.882. The first-order valence-electron chi connectivity index (χ1n) is 8.71. The predicted octanol–water partition coefficient (Wildman–Crippen LogP) is 1.77. The van der Waals surface area contributed by atoms with Crippen LogP contribution in [0.4, 0.5) is 0 Å². The number of carbonyl (C=O) groups excluding carboxylic acids is 2. The van der Waals surface area contributed by atoms with E-state index in [0.29, 0.717) is 24.9 Å². The molecule has 0 bridgehead atoms. The molecule has 0 radical (unpaired) electrons. The molecule has 0 saturated heterocycles. The van der Waals surface area contributed by atoms with Gasteiger partial charge < -0.3 is 10.6 Å². The second-order valence-corrected chi connectivity index (χ2v) is 6.57. The van der Waals surface area contributed by atoms with Gasteiger partial charge in [0.1, 0.15) is 0 Å². The highest BCUT2D eigenvalue weighted by molar-refractivity contribution is 5.83. The van der Waals surface area contributed by atoms with Crippen molar-refractivity contribution in [3.8, 4) is 0 Å².